The predicted molar refractivity (Wildman–Crippen MR) is 61.7 cm³/mol. The summed E-state index contributed by atoms with van der Waals surface area (Å²) in [4.78, 5) is 10.5. The van der Waals surface area contributed by atoms with Crippen molar-refractivity contribution in [1.29, 1.82) is 0 Å². The zero-order valence-electron chi connectivity index (χ0n) is 8.63. The number of aliphatic carboxylic acids is 1. The zero-order valence-corrected chi connectivity index (χ0v) is 8.63. The standard InChI is InChI=1S/C12H12N2O2/c15-12(16)9-10-3-5-11(6-4-10)14-8-2-1-7-13-14/h1-8,13H,9H2,(H,15,16). The van der Waals surface area contributed by atoms with Crippen LogP contribution in [-0.2, 0) is 11.2 Å². The van der Waals surface area contributed by atoms with E-state index in [1.807, 2.05) is 53.8 Å². The molecule has 16 heavy (non-hydrogen) atoms. The average molecular weight is 216 g/mol. The Morgan fingerprint density at radius 2 is 2.00 bits per heavy atom. The summed E-state index contributed by atoms with van der Waals surface area (Å²) in [6.07, 6.45) is 7.60. The first-order valence-corrected chi connectivity index (χ1v) is 4.95. The number of anilines is 1. The van der Waals surface area contributed by atoms with Crippen LogP contribution in [0.15, 0.2) is 48.8 Å². The number of carboxylic acids is 1. The second-order valence-corrected chi connectivity index (χ2v) is 3.44. The number of allylic oxidation sites excluding steroid dienone is 2. The molecule has 0 aromatic heterocycles. The van der Waals surface area contributed by atoms with Crippen LogP contribution >= 0.6 is 0 Å². The van der Waals surface area contributed by atoms with Crippen molar-refractivity contribution < 1.29 is 9.90 Å². The number of carbonyl (C=O) groups is 1. The molecule has 82 valence electrons. The van der Waals surface area contributed by atoms with Crippen molar-refractivity contribution in [3.8, 4) is 0 Å². The minimum atomic E-state index is -0.813. The fraction of sp³-hybridized carbons (Fsp3) is 0.0833. The van der Waals surface area contributed by atoms with E-state index in [0.717, 1.165) is 11.3 Å². The van der Waals surface area contributed by atoms with Gasteiger partial charge < -0.3 is 10.5 Å². The van der Waals surface area contributed by atoms with Crippen LogP contribution in [0, 0.1) is 0 Å². The monoisotopic (exact) mass is 216 g/mol. The molecule has 0 unspecified atom stereocenters. The molecule has 4 nitrogen and oxygen atoms in total. The Morgan fingerprint density at radius 1 is 1.25 bits per heavy atom. The summed E-state index contributed by atoms with van der Waals surface area (Å²) in [6.45, 7) is 0. The van der Waals surface area contributed by atoms with Crippen molar-refractivity contribution in [2.45, 2.75) is 6.42 Å². The maximum absolute atomic E-state index is 10.5. The van der Waals surface area contributed by atoms with Crippen LogP contribution in [-0.4, -0.2) is 11.1 Å². The fourth-order valence-electron chi connectivity index (χ4n) is 1.47. The first kappa shape index (κ1) is 10.3. The Balaban J connectivity index is 2.10. The molecule has 0 fully saturated rings. The van der Waals surface area contributed by atoms with Crippen LogP contribution in [0.2, 0.25) is 0 Å². The summed E-state index contributed by atoms with van der Waals surface area (Å²) < 4.78 is 0. The molecule has 2 rings (SSSR count). The molecule has 0 radical (unpaired) electrons. The third-order valence-corrected chi connectivity index (χ3v) is 2.23. The van der Waals surface area contributed by atoms with E-state index in [9.17, 15) is 4.79 Å². The van der Waals surface area contributed by atoms with Crippen LogP contribution in [0.3, 0.4) is 0 Å². The van der Waals surface area contributed by atoms with Gasteiger partial charge in [-0.25, -0.2) is 0 Å². The minimum Gasteiger partial charge on any atom is -0.481 e. The second-order valence-electron chi connectivity index (χ2n) is 3.44. The molecule has 4 heteroatoms. The molecule has 0 spiro atoms. The lowest BCUT2D eigenvalue weighted by Crippen LogP contribution is -2.29. The van der Waals surface area contributed by atoms with Crippen LogP contribution in [0.25, 0.3) is 0 Å². The van der Waals surface area contributed by atoms with Gasteiger partial charge in [0.2, 0.25) is 0 Å². The second kappa shape index (κ2) is 4.53. The highest BCUT2D eigenvalue weighted by Crippen LogP contribution is 2.15. The van der Waals surface area contributed by atoms with Crippen LogP contribution in [0.4, 0.5) is 5.69 Å². The smallest absolute Gasteiger partial charge is 0.307 e. The van der Waals surface area contributed by atoms with E-state index < -0.39 is 5.97 Å². The van der Waals surface area contributed by atoms with Crippen molar-refractivity contribution in [2.24, 2.45) is 0 Å². The third-order valence-electron chi connectivity index (χ3n) is 2.23. The van der Waals surface area contributed by atoms with Crippen LogP contribution in [0.5, 0.6) is 0 Å². The number of hydrogen-bond donors (Lipinski definition) is 2. The van der Waals surface area contributed by atoms with E-state index in [-0.39, 0.29) is 6.42 Å². The van der Waals surface area contributed by atoms with Crippen molar-refractivity contribution >= 4 is 11.7 Å². The maximum Gasteiger partial charge on any atom is 0.307 e. The van der Waals surface area contributed by atoms with E-state index in [2.05, 4.69) is 5.43 Å². The van der Waals surface area contributed by atoms with E-state index in [0.29, 0.717) is 0 Å². The number of rotatable bonds is 3. The van der Waals surface area contributed by atoms with Crippen LogP contribution in [0.1, 0.15) is 5.56 Å². The normalized spacial score (nSPS) is 13.6. The van der Waals surface area contributed by atoms with Gasteiger partial charge in [0, 0.05) is 12.4 Å². The quantitative estimate of drug-likeness (QED) is 0.807. The number of nitrogens with one attached hydrogen (secondary N) is 1. The van der Waals surface area contributed by atoms with Gasteiger partial charge in [-0.15, -0.1) is 0 Å². The number of carboxylic acid groups (broad SMARTS) is 1. The molecule has 1 heterocycles. The Hall–Kier alpha value is -2.23. The zero-order chi connectivity index (χ0) is 11.4. The molecule has 0 saturated heterocycles. The minimum absolute atomic E-state index is 0.0590. The van der Waals surface area contributed by atoms with Gasteiger partial charge in [-0.2, -0.15) is 0 Å². The SMILES string of the molecule is O=C(O)Cc1ccc(N2C=CC=CN2)cc1. The molecular formula is C12H12N2O2. The van der Waals surface area contributed by atoms with Crippen molar-refractivity contribution in [3.05, 3.63) is 54.4 Å². The van der Waals surface area contributed by atoms with Crippen molar-refractivity contribution in [3.63, 3.8) is 0 Å². The molecule has 0 amide bonds. The molecular weight excluding hydrogens is 204 g/mol. The molecule has 2 N–H and O–H groups in total. The van der Waals surface area contributed by atoms with E-state index in [4.69, 9.17) is 5.11 Å². The van der Waals surface area contributed by atoms with Crippen molar-refractivity contribution in [1.82, 2.24) is 5.43 Å². The highest BCUT2D eigenvalue weighted by atomic mass is 16.4. The number of nitrogens with zero attached hydrogens (tertiary/aromatic N) is 1. The Labute approximate surface area is 93.5 Å². The number of hydrazine groups is 1. The van der Waals surface area contributed by atoms with E-state index in [1.165, 1.54) is 0 Å². The van der Waals surface area contributed by atoms with Gasteiger partial charge in [0.1, 0.15) is 0 Å². The van der Waals surface area contributed by atoms with Crippen molar-refractivity contribution in [2.75, 3.05) is 5.01 Å². The Kier molecular flexibility index (Phi) is 2.91. The molecule has 1 aliphatic rings. The van der Waals surface area contributed by atoms with Gasteiger partial charge in [-0.3, -0.25) is 9.80 Å². The number of benzene rings is 1. The summed E-state index contributed by atoms with van der Waals surface area (Å²) in [6, 6.07) is 7.40. The first-order chi connectivity index (χ1) is 7.75. The summed E-state index contributed by atoms with van der Waals surface area (Å²) in [5.41, 5.74) is 4.81. The van der Waals surface area contributed by atoms with Gasteiger partial charge >= 0.3 is 5.97 Å². The van der Waals surface area contributed by atoms with E-state index >= 15 is 0 Å². The molecule has 1 aromatic carbocycles. The lowest BCUT2D eigenvalue weighted by atomic mass is 10.1. The fourth-order valence-corrected chi connectivity index (χ4v) is 1.47. The largest absolute Gasteiger partial charge is 0.481 e. The summed E-state index contributed by atoms with van der Waals surface area (Å²) in [7, 11) is 0. The first-order valence-electron chi connectivity index (χ1n) is 4.95. The van der Waals surface area contributed by atoms with Gasteiger partial charge in [-0.1, -0.05) is 12.1 Å². The third kappa shape index (κ3) is 2.42. The Bertz CT molecular complexity index is 435. The lowest BCUT2D eigenvalue weighted by molar-refractivity contribution is -0.136. The maximum atomic E-state index is 10.5. The van der Waals surface area contributed by atoms with Gasteiger partial charge in [0.05, 0.1) is 12.1 Å². The highest BCUT2D eigenvalue weighted by molar-refractivity contribution is 5.70. The molecule has 1 aliphatic heterocycles. The number of hydrogen-bond acceptors (Lipinski definition) is 3. The summed E-state index contributed by atoms with van der Waals surface area (Å²) in [5.74, 6) is -0.813. The summed E-state index contributed by atoms with van der Waals surface area (Å²) >= 11 is 0. The molecule has 0 atom stereocenters. The molecule has 0 aliphatic carbocycles. The van der Waals surface area contributed by atoms with Crippen LogP contribution < -0.4 is 10.4 Å². The predicted octanol–water partition coefficient (Wildman–Crippen LogP) is 1.67. The topological polar surface area (TPSA) is 52.6 Å². The van der Waals surface area contributed by atoms with E-state index in [1.54, 1.807) is 0 Å². The van der Waals surface area contributed by atoms with Gasteiger partial charge in [0.25, 0.3) is 0 Å². The molecule has 1 aromatic rings. The average Bonchev–Trinajstić information content (AvgIpc) is 2.30. The van der Waals surface area contributed by atoms with Gasteiger partial charge in [-0.05, 0) is 29.8 Å². The molecule has 0 bridgehead atoms. The van der Waals surface area contributed by atoms with Gasteiger partial charge in [0.15, 0.2) is 0 Å². The highest BCUT2D eigenvalue weighted by Gasteiger charge is 2.04. The lowest BCUT2D eigenvalue weighted by Gasteiger charge is -2.22. The Morgan fingerprint density at radius 3 is 2.56 bits per heavy atom. The molecule has 0 saturated carbocycles. The summed E-state index contributed by atoms with van der Waals surface area (Å²) in [5, 5.41) is 10.5.